The zero-order valence-corrected chi connectivity index (χ0v) is 22.3. The van der Waals surface area contributed by atoms with Crippen LogP contribution >= 0.6 is 11.6 Å². The number of carbonyl (C=O) groups is 1. The Morgan fingerprint density at radius 2 is 1.89 bits per heavy atom. The lowest BCUT2D eigenvalue weighted by Crippen LogP contribution is -2.31. The van der Waals surface area contributed by atoms with Crippen LogP contribution in [0.25, 0.3) is 0 Å². The van der Waals surface area contributed by atoms with Gasteiger partial charge in [-0.05, 0) is 56.2 Å². The molecule has 0 saturated heterocycles. The maximum atomic E-state index is 13.7. The Bertz CT molecular complexity index is 1540. The Morgan fingerprint density at radius 1 is 1.08 bits per heavy atom. The quantitative estimate of drug-likeness (QED) is 0.302. The standard InChI is InChI=1S/C29H28ClN5O3/c1-17-9-11-23(18(2)13-17)34-28(36)26-19(3)33-29-31-16-32-35(29)27(26)20-10-12-24(25(14-20)37-4)38-15-21-7-5-6-8-22(21)30/h5-14,16,27H,15H2,1-4H3,(H,34,36)(H,31,32,33)/t27-/m1/s1. The molecule has 1 aliphatic rings. The molecule has 5 rings (SSSR count). The molecule has 2 N–H and O–H groups in total. The van der Waals surface area contributed by atoms with E-state index in [1.165, 1.54) is 6.33 Å². The molecule has 0 radical (unpaired) electrons. The van der Waals surface area contributed by atoms with Gasteiger partial charge >= 0.3 is 0 Å². The van der Waals surface area contributed by atoms with E-state index >= 15 is 0 Å². The molecule has 194 valence electrons. The number of halogens is 1. The van der Waals surface area contributed by atoms with Gasteiger partial charge in [0, 0.05) is 22.0 Å². The van der Waals surface area contributed by atoms with Crippen LogP contribution in [0.3, 0.4) is 0 Å². The van der Waals surface area contributed by atoms with E-state index in [0.29, 0.717) is 40.3 Å². The second-order valence-corrected chi connectivity index (χ2v) is 9.56. The highest BCUT2D eigenvalue weighted by Crippen LogP contribution is 2.39. The molecule has 1 atom stereocenters. The summed E-state index contributed by atoms with van der Waals surface area (Å²) in [6, 6.07) is 18.5. The lowest BCUT2D eigenvalue weighted by Gasteiger charge is -2.29. The number of methoxy groups -OCH3 is 1. The average molecular weight is 530 g/mol. The van der Waals surface area contributed by atoms with Crippen LogP contribution in [-0.4, -0.2) is 27.8 Å². The summed E-state index contributed by atoms with van der Waals surface area (Å²) in [5.74, 6) is 1.41. The van der Waals surface area contributed by atoms with Crippen molar-refractivity contribution < 1.29 is 14.3 Å². The van der Waals surface area contributed by atoms with Gasteiger partial charge in [0.05, 0.1) is 12.7 Å². The molecule has 1 amide bonds. The summed E-state index contributed by atoms with van der Waals surface area (Å²) < 4.78 is 13.4. The number of nitrogens with zero attached hydrogens (tertiary/aromatic N) is 3. The molecule has 0 fully saturated rings. The first kappa shape index (κ1) is 25.4. The van der Waals surface area contributed by atoms with Crippen molar-refractivity contribution in [3.63, 3.8) is 0 Å². The van der Waals surface area contributed by atoms with Crippen LogP contribution in [0.2, 0.25) is 5.02 Å². The summed E-state index contributed by atoms with van der Waals surface area (Å²) >= 11 is 6.29. The molecule has 0 bridgehead atoms. The summed E-state index contributed by atoms with van der Waals surface area (Å²) in [5, 5.41) is 11.3. The number of aromatic nitrogens is 3. The predicted molar refractivity (Wildman–Crippen MR) is 148 cm³/mol. The number of allylic oxidation sites excluding steroid dienone is 1. The second-order valence-electron chi connectivity index (χ2n) is 9.16. The predicted octanol–water partition coefficient (Wildman–Crippen LogP) is 6.06. The van der Waals surface area contributed by atoms with Gasteiger partial charge in [-0.25, -0.2) is 4.68 Å². The zero-order valence-electron chi connectivity index (χ0n) is 21.6. The van der Waals surface area contributed by atoms with Crippen LogP contribution in [0.15, 0.2) is 78.3 Å². The highest BCUT2D eigenvalue weighted by molar-refractivity contribution is 6.31. The Labute approximate surface area is 226 Å². The van der Waals surface area contributed by atoms with Crippen LogP contribution in [0.1, 0.15) is 35.2 Å². The fourth-order valence-electron chi connectivity index (χ4n) is 4.58. The summed E-state index contributed by atoms with van der Waals surface area (Å²) in [5.41, 5.74) is 5.75. The van der Waals surface area contributed by atoms with Crippen molar-refractivity contribution in [3.8, 4) is 11.5 Å². The van der Waals surface area contributed by atoms with E-state index in [-0.39, 0.29) is 5.91 Å². The smallest absolute Gasteiger partial charge is 0.255 e. The van der Waals surface area contributed by atoms with E-state index in [0.717, 1.165) is 27.9 Å². The van der Waals surface area contributed by atoms with Crippen LogP contribution in [0.5, 0.6) is 11.5 Å². The summed E-state index contributed by atoms with van der Waals surface area (Å²) in [6.07, 6.45) is 1.46. The minimum Gasteiger partial charge on any atom is -0.493 e. The zero-order chi connectivity index (χ0) is 26.8. The van der Waals surface area contributed by atoms with Gasteiger partial charge in [0.2, 0.25) is 5.95 Å². The van der Waals surface area contributed by atoms with E-state index in [1.54, 1.807) is 11.8 Å². The average Bonchev–Trinajstić information content (AvgIpc) is 3.37. The van der Waals surface area contributed by atoms with Crippen LogP contribution in [0.4, 0.5) is 11.6 Å². The van der Waals surface area contributed by atoms with Crippen molar-refractivity contribution in [2.45, 2.75) is 33.4 Å². The Hall–Kier alpha value is -4.30. The molecule has 0 aliphatic carbocycles. The number of hydrogen-bond donors (Lipinski definition) is 2. The minimum atomic E-state index is -0.536. The number of rotatable bonds is 7. The highest BCUT2D eigenvalue weighted by atomic mass is 35.5. The third-order valence-electron chi connectivity index (χ3n) is 6.51. The van der Waals surface area contributed by atoms with E-state index in [1.807, 2.05) is 81.4 Å². The summed E-state index contributed by atoms with van der Waals surface area (Å²) in [4.78, 5) is 18.0. The van der Waals surface area contributed by atoms with Gasteiger partial charge in [-0.2, -0.15) is 10.1 Å². The SMILES string of the molecule is COc1cc([C@@H]2C(C(=O)Nc3ccc(C)cc3C)=C(C)Nc3ncnn32)ccc1OCc1ccccc1Cl. The number of ether oxygens (including phenoxy) is 2. The summed E-state index contributed by atoms with van der Waals surface area (Å²) in [7, 11) is 1.58. The van der Waals surface area contributed by atoms with Crippen molar-refractivity contribution in [2.75, 3.05) is 17.7 Å². The van der Waals surface area contributed by atoms with Crippen LogP contribution in [0, 0.1) is 13.8 Å². The normalized spacial score (nSPS) is 14.5. The molecule has 9 heteroatoms. The molecule has 0 saturated carbocycles. The fraction of sp³-hybridized carbons (Fsp3) is 0.207. The van der Waals surface area contributed by atoms with Gasteiger partial charge in [0.15, 0.2) is 11.5 Å². The van der Waals surface area contributed by atoms with Crippen molar-refractivity contribution in [2.24, 2.45) is 0 Å². The number of anilines is 2. The molecule has 8 nitrogen and oxygen atoms in total. The maximum Gasteiger partial charge on any atom is 0.255 e. The third-order valence-corrected chi connectivity index (χ3v) is 6.88. The monoisotopic (exact) mass is 529 g/mol. The Morgan fingerprint density at radius 3 is 2.66 bits per heavy atom. The molecule has 0 spiro atoms. The number of carbonyl (C=O) groups excluding carboxylic acids is 1. The van der Waals surface area contributed by atoms with Gasteiger partial charge in [-0.3, -0.25) is 4.79 Å². The van der Waals surface area contributed by atoms with Crippen LogP contribution < -0.4 is 20.1 Å². The van der Waals surface area contributed by atoms with Crippen molar-refractivity contribution in [1.82, 2.24) is 14.8 Å². The first-order valence-corrected chi connectivity index (χ1v) is 12.5. The molecule has 4 aromatic rings. The maximum absolute atomic E-state index is 13.7. The largest absolute Gasteiger partial charge is 0.493 e. The van der Waals surface area contributed by atoms with Crippen LogP contribution in [-0.2, 0) is 11.4 Å². The Balaban J connectivity index is 1.48. The third kappa shape index (κ3) is 4.95. The molecule has 1 aliphatic heterocycles. The first-order valence-electron chi connectivity index (χ1n) is 12.2. The van der Waals surface area contributed by atoms with E-state index < -0.39 is 6.04 Å². The number of benzene rings is 3. The Kier molecular flexibility index (Phi) is 7.07. The lowest BCUT2D eigenvalue weighted by atomic mass is 9.94. The van der Waals surface area contributed by atoms with Gasteiger partial charge < -0.3 is 20.1 Å². The first-order chi connectivity index (χ1) is 18.4. The second kappa shape index (κ2) is 10.6. The van der Waals surface area contributed by atoms with E-state index in [4.69, 9.17) is 21.1 Å². The minimum absolute atomic E-state index is 0.230. The lowest BCUT2D eigenvalue weighted by molar-refractivity contribution is -0.113. The molecular formula is C29H28ClN5O3. The fourth-order valence-corrected chi connectivity index (χ4v) is 4.77. The molecule has 3 aromatic carbocycles. The molecule has 2 heterocycles. The number of aryl methyl sites for hydroxylation is 2. The topological polar surface area (TPSA) is 90.3 Å². The number of amides is 1. The van der Waals surface area contributed by atoms with E-state index in [9.17, 15) is 4.79 Å². The molecule has 1 aromatic heterocycles. The van der Waals surface area contributed by atoms with Crippen molar-refractivity contribution in [3.05, 3.63) is 106 Å². The van der Waals surface area contributed by atoms with E-state index in [2.05, 4.69) is 20.7 Å². The van der Waals surface area contributed by atoms with Crippen molar-refractivity contribution in [1.29, 1.82) is 0 Å². The molecule has 38 heavy (non-hydrogen) atoms. The highest BCUT2D eigenvalue weighted by Gasteiger charge is 2.34. The van der Waals surface area contributed by atoms with Crippen molar-refractivity contribution >= 4 is 29.1 Å². The van der Waals surface area contributed by atoms with Gasteiger partial charge in [0.25, 0.3) is 5.91 Å². The van der Waals surface area contributed by atoms with Gasteiger partial charge in [0.1, 0.15) is 19.0 Å². The number of fused-ring (bicyclic) bond motifs is 1. The van der Waals surface area contributed by atoms with Gasteiger partial charge in [-0.15, -0.1) is 0 Å². The number of nitrogens with one attached hydrogen (secondary N) is 2. The number of hydrogen-bond acceptors (Lipinski definition) is 6. The molecular weight excluding hydrogens is 502 g/mol. The molecule has 0 unspecified atom stereocenters. The summed E-state index contributed by atoms with van der Waals surface area (Å²) in [6.45, 7) is 6.15. The van der Waals surface area contributed by atoms with Gasteiger partial charge in [-0.1, -0.05) is 53.6 Å².